The molecule has 2 atom stereocenters. The zero-order valence-electron chi connectivity index (χ0n) is 9.71. The molecule has 92 valence electrons. The molecule has 2 N–H and O–H groups in total. The van der Waals surface area contributed by atoms with Crippen LogP contribution in [0.25, 0.3) is 0 Å². The molecule has 0 bridgehead atoms. The lowest BCUT2D eigenvalue weighted by Gasteiger charge is -2.17. The lowest BCUT2D eigenvalue weighted by atomic mass is 10.1. The first-order valence-corrected chi connectivity index (χ1v) is 6.22. The van der Waals surface area contributed by atoms with Gasteiger partial charge in [0.2, 0.25) is 0 Å². The van der Waals surface area contributed by atoms with Gasteiger partial charge in [-0.15, -0.1) is 4.52 Å². The van der Waals surface area contributed by atoms with Crippen LogP contribution in [0.15, 0.2) is 30.3 Å². The zero-order valence-corrected chi connectivity index (χ0v) is 10.6. The zero-order chi connectivity index (χ0) is 12.9. The highest BCUT2D eigenvalue weighted by molar-refractivity contribution is 7.41. The minimum absolute atomic E-state index is 0.309. The predicted molar refractivity (Wildman–Crippen MR) is 64.3 cm³/mol. The Morgan fingerprint density at radius 1 is 1.47 bits per heavy atom. The van der Waals surface area contributed by atoms with Crippen LogP contribution >= 0.6 is 8.03 Å². The Kier molecular flexibility index (Phi) is 4.61. The van der Waals surface area contributed by atoms with Gasteiger partial charge in [0.25, 0.3) is 5.28 Å². The molecule has 0 fully saturated rings. The summed E-state index contributed by atoms with van der Waals surface area (Å²) in [6.45, 7) is 1.57. The Hall–Kier alpha value is -1.45. The van der Waals surface area contributed by atoms with Gasteiger partial charge in [0.15, 0.2) is 0 Å². The van der Waals surface area contributed by atoms with Gasteiger partial charge < -0.3 is 5.11 Å². The van der Waals surface area contributed by atoms with Crippen molar-refractivity contribution in [1.29, 1.82) is 0 Å². The number of carbonyl (C=O) groups is 1. The van der Waals surface area contributed by atoms with E-state index in [4.69, 9.17) is 9.63 Å². The normalized spacial score (nSPS) is 14.8. The van der Waals surface area contributed by atoms with Crippen LogP contribution in [0.4, 0.5) is 4.79 Å². The number of carboxylic acid groups (broad SMARTS) is 1. The van der Waals surface area contributed by atoms with E-state index >= 15 is 0 Å². The molecule has 0 saturated heterocycles. The topological polar surface area (TPSA) is 75.6 Å². The summed E-state index contributed by atoms with van der Waals surface area (Å²) in [4.78, 5) is 10.7. The molecule has 6 heteroatoms. The summed E-state index contributed by atoms with van der Waals surface area (Å²) in [6, 6.07) is 9.25. The highest BCUT2D eigenvalue weighted by atomic mass is 31.1. The molecule has 0 aromatic heterocycles. The Morgan fingerprint density at radius 2 is 2.06 bits per heavy atom. The number of hydrogen-bond acceptors (Lipinski definition) is 3. The van der Waals surface area contributed by atoms with E-state index in [-0.39, 0.29) is 0 Å². The van der Waals surface area contributed by atoms with Gasteiger partial charge in [-0.3, -0.25) is 5.32 Å². The van der Waals surface area contributed by atoms with Crippen molar-refractivity contribution in [2.45, 2.75) is 18.6 Å². The maximum Gasteiger partial charge on any atom is 0.536 e. The Labute approximate surface area is 101 Å². The third-order valence-corrected chi connectivity index (χ3v) is 3.74. The molecule has 1 rings (SSSR count). The molecule has 0 saturated carbocycles. The third-order valence-electron chi connectivity index (χ3n) is 2.34. The molecule has 17 heavy (non-hydrogen) atoms. The second kappa shape index (κ2) is 5.75. The van der Waals surface area contributed by atoms with Gasteiger partial charge >= 0.3 is 14.1 Å². The number of benzene rings is 1. The Morgan fingerprint density at radius 3 is 2.53 bits per heavy atom. The van der Waals surface area contributed by atoms with Crippen LogP contribution in [-0.2, 0) is 15.5 Å². The monoisotopic (exact) mass is 256 g/mol. The van der Waals surface area contributed by atoms with E-state index in [9.17, 15) is 9.36 Å². The predicted octanol–water partition coefficient (Wildman–Crippen LogP) is 2.60. The smallest absolute Gasteiger partial charge is 0.465 e. The molecule has 0 radical (unpaired) electrons. The van der Waals surface area contributed by atoms with Gasteiger partial charge in [0, 0.05) is 13.3 Å². The average molecular weight is 256 g/mol. The van der Waals surface area contributed by atoms with Crippen molar-refractivity contribution in [3.05, 3.63) is 35.9 Å². The van der Waals surface area contributed by atoms with Crippen LogP contribution < -0.4 is 5.32 Å². The van der Waals surface area contributed by atoms with Crippen LogP contribution in [0.2, 0.25) is 0 Å². The Balaban J connectivity index is 2.91. The van der Waals surface area contributed by atoms with Crippen LogP contribution in [-0.4, -0.2) is 23.6 Å². The first-order valence-electron chi connectivity index (χ1n) is 5.04. The highest BCUT2D eigenvalue weighted by Crippen LogP contribution is 2.39. The minimum atomic E-state index is -2.12. The fraction of sp³-hybridized carbons (Fsp3) is 0.364. The summed E-state index contributed by atoms with van der Waals surface area (Å²) >= 11 is 0. The number of hydrogen-bond donors (Lipinski definition) is 2. The Bertz CT molecular complexity index is 409. The summed E-state index contributed by atoms with van der Waals surface area (Å²) in [5.41, 5.74) is 0.893. The first-order chi connectivity index (χ1) is 7.98. The number of amides is 1. The average Bonchev–Trinajstić information content (AvgIpc) is 2.28. The van der Waals surface area contributed by atoms with E-state index in [0.29, 0.717) is 6.42 Å². The van der Waals surface area contributed by atoms with Crippen molar-refractivity contribution in [2.24, 2.45) is 0 Å². The molecule has 0 heterocycles. The molecule has 0 aliphatic carbocycles. The van der Waals surface area contributed by atoms with E-state index in [1.165, 1.54) is 7.11 Å². The summed E-state index contributed by atoms with van der Waals surface area (Å²) < 4.78 is 16.5. The first kappa shape index (κ1) is 13.6. The van der Waals surface area contributed by atoms with E-state index in [1.54, 1.807) is 6.92 Å². The van der Waals surface area contributed by atoms with Crippen molar-refractivity contribution in [3.63, 3.8) is 0 Å². The quantitative estimate of drug-likeness (QED) is 0.794. The van der Waals surface area contributed by atoms with Gasteiger partial charge in [0.1, 0.15) is 0 Å². The molecule has 0 aliphatic heterocycles. The number of nitrogens with one attached hydrogen (secondary N) is 1. The van der Waals surface area contributed by atoms with Crippen LogP contribution in [0.5, 0.6) is 0 Å². The van der Waals surface area contributed by atoms with Crippen LogP contribution in [0.1, 0.15) is 12.5 Å². The van der Waals surface area contributed by atoms with Gasteiger partial charge in [-0.1, -0.05) is 30.3 Å². The largest absolute Gasteiger partial charge is 0.536 e. The van der Waals surface area contributed by atoms with Crippen molar-refractivity contribution in [2.75, 3.05) is 7.11 Å². The lowest BCUT2D eigenvalue weighted by Crippen LogP contribution is -2.44. The fourth-order valence-electron chi connectivity index (χ4n) is 1.58. The summed E-state index contributed by atoms with van der Waals surface area (Å²) in [5.74, 6) is 0. The molecule has 5 nitrogen and oxygen atoms in total. The third kappa shape index (κ3) is 3.80. The summed E-state index contributed by atoms with van der Waals surface area (Å²) in [6.07, 6.45) is -0.910. The summed E-state index contributed by atoms with van der Waals surface area (Å²) in [7, 11) is -0.825. The van der Waals surface area contributed by atoms with Crippen molar-refractivity contribution in [3.8, 4) is 0 Å². The summed E-state index contributed by atoms with van der Waals surface area (Å²) in [5, 5.41) is 9.91. The van der Waals surface area contributed by atoms with E-state index in [1.807, 2.05) is 30.3 Å². The second-order valence-electron chi connectivity index (χ2n) is 3.81. The van der Waals surface area contributed by atoms with Crippen molar-refractivity contribution < 1.29 is 19.0 Å². The standard InChI is InChI=1S/C11H14NO4P/c1-11(12-10(13)14,17(15)16-2)8-9-6-4-3-5-7-9/h3-7,12H,8H2,1-2H3/p+1. The second-order valence-corrected chi connectivity index (χ2v) is 5.67. The van der Waals surface area contributed by atoms with Crippen molar-refractivity contribution >= 4 is 14.1 Å². The maximum atomic E-state index is 11.8. The van der Waals surface area contributed by atoms with Crippen molar-refractivity contribution in [1.82, 2.24) is 5.32 Å². The maximum absolute atomic E-state index is 11.8. The lowest BCUT2D eigenvalue weighted by molar-refractivity contribution is 0.186. The molecule has 1 aromatic carbocycles. The molecule has 0 aliphatic rings. The van der Waals surface area contributed by atoms with Gasteiger partial charge in [-0.2, -0.15) is 0 Å². The van der Waals surface area contributed by atoms with E-state index in [0.717, 1.165) is 5.56 Å². The molecule has 0 spiro atoms. The molecular formula is C11H15NO4P+. The van der Waals surface area contributed by atoms with Gasteiger partial charge in [-0.25, -0.2) is 4.79 Å². The van der Waals surface area contributed by atoms with Gasteiger partial charge in [0.05, 0.1) is 7.11 Å². The van der Waals surface area contributed by atoms with Crippen LogP contribution in [0.3, 0.4) is 0 Å². The minimum Gasteiger partial charge on any atom is -0.465 e. The SMILES string of the molecule is CO[P+](=O)C(C)(Cc1ccccc1)NC(=O)O. The molecule has 2 unspecified atom stereocenters. The van der Waals surface area contributed by atoms with Gasteiger partial charge in [-0.05, 0) is 10.1 Å². The van der Waals surface area contributed by atoms with E-state index in [2.05, 4.69) is 5.32 Å². The van der Waals surface area contributed by atoms with Crippen LogP contribution in [0, 0.1) is 0 Å². The number of rotatable bonds is 5. The molecule has 1 amide bonds. The molecular weight excluding hydrogens is 241 g/mol. The fourth-order valence-corrected chi connectivity index (χ4v) is 2.48. The van der Waals surface area contributed by atoms with E-state index < -0.39 is 19.4 Å². The molecule has 1 aromatic rings. The highest BCUT2D eigenvalue weighted by Gasteiger charge is 2.47.